The maximum absolute atomic E-state index is 13.9. The van der Waals surface area contributed by atoms with Gasteiger partial charge in [0.05, 0.1) is 18.4 Å². The molecule has 164 valence electrons. The number of piperidine rings is 1. The summed E-state index contributed by atoms with van der Waals surface area (Å²) in [7, 11) is 1.19. The number of nitrogens with one attached hydrogen (secondary N) is 1. The summed E-state index contributed by atoms with van der Waals surface area (Å²) in [5, 5.41) is 2.00. The van der Waals surface area contributed by atoms with Crippen molar-refractivity contribution in [2.24, 2.45) is 0 Å². The molecule has 2 aliphatic heterocycles. The third kappa shape index (κ3) is 4.26. The minimum absolute atomic E-state index is 0.0873. The van der Waals surface area contributed by atoms with Gasteiger partial charge in [-0.15, -0.1) is 0 Å². The first kappa shape index (κ1) is 21.7. The van der Waals surface area contributed by atoms with Crippen LogP contribution in [0.5, 0.6) is 0 Å². The molecular formula is C18H19F4N3O5. The zero-order chi connectivity index (χ0) is 22.1. The third-order valence-corrected chi connectivity index (χ3v) is 5.08. The van der Waals surface area contributed by atoms with Gasteiger partial charge in [0, 0.05) is 19.1 Å². The maximum atomic E-state index is 13.9. The van der Waals surface area contributed by atoms with Crippen molar-refractivity contribution >= 4 is 23.8 Å². The monoisotopic (exact) mass is 433 g/mol. The zero-order valence-electron chi connectivity index (χ0n) is 15.9. The van der Waals surface area contributed by atoms with E-state index in [1.807, 2.05) is 5.32 Å². The lowest BCUT2D eigenvalue weighted by molar-refractivity contribution is -0.146. The van der Waals surface area contributed by atoms with Gasteiger partial charge in [0.2, 0.25) is 0 Å². The second-order valence-corrected chi connectivity index (χ2v) is 6.83. The van der Waals surface area contributed by atoms with Crippen LogP contribution in [0, 0.1) is 5.82 Å². The Morgan fingerprint density at radius 3 is 2.50 bits per heavy atom. The molecule has 0 bridgehead atoms. The molecule has 12 heteroatoms. The highest BCUT2D eigenvalue weighted by atomic mass is 19.4. The number of halogens is 4. The number of anilines is 1. The van der Waals surface area contributed by atoms with E-state index in [0.717, 1.165) is 12.1 Å². The second kappa shape index (κ2) is 8.36. The zero-order valence-corrected chi connectivity index (χ0v) is 15.9. The molecule has 1 unspecified atom stereocenters. The van der Waals surface area contributed by atoms with Gasteiger partial charge >= 0.3 is 24.3 Å². The van der Waals surface area contributed by atoms with Gasteiger partial charge in [-0.25, -0.2) is 18.8 Å². The van der Waals surface area contributed by atoms with Gasteiger partial charge in [-0.05, 0) is 25.0 Å². The van der Waals surface area contributed by atoms with Gasteiger partial charge in [0.1, 0.15) is 12.4 Å². The molecule has 8 nitrogen and oxygen atoms in total. The summed E-state index contributed by atoms with van der Waals surface area (Å²) in [5.74, 6) is -1.82. The summed E-state index contributed by atoms with van der Waals surface area (Å²) < 4.78 is 62.8. The Labute approximate surface area is 168 Å². The number of ether oxygens (including phenoxy) is 2. The number of benzene rings is 1. The number of methoxy groups -OCH3 is 1. The molecule has 1 aromatic rings. The number of alkyl halides is 3. The highest BCUT2D eigenvalue weighted by Crippen LogP contribution is 2.36. The van der Waals surface area contributed by atoms with Crippen molar-refractivity contribution < 1.29 is 41.4 Å². The summed E-state index contributed by atoms with van der Waals surface area (Å²) in [5.41, 5.74) is -2.22. The number of para-hydroxylation sites is 1. The van der Waals surface area contributed by atoms with Gasteiger partial charge in [-0.2, -0.15) is 13.2 Å². The SMILES string of the molecule is COC(=O)C1COC(=O)N1C1CCN(C(=O)Nc2c(F)cccc2C(F)(F)F)CC1. The molecule has 30 heavy (non-hydrogen) atoms. The molecule has 0 radical (unpaired) electrons. The fraction of sp³-hybridized carbons (Fsp3) is 0.500. The van der Waals surface area contributed by atoms with Crippen LogP contribution in [0.2, 0.25) is 0 Å². The molecule has 1 N–H and O–H groups in total. The average Bonchev–Trinajstić information content (AvgIpc) is 3.09. The Balaban J connectivity index is 1.66. The Morgan fingerprint density at radius 2 is 1.90 bits per heavy atom. The lowest BCUT2D eigenvalue weighted by Crippen LogP contribution is -2.52. The van der Waals surface area contributed by atoms with Crippen molar-refractivity contribution in [3.63, 3.8) is 0 Å². The lowest BCUT2D eigenvalue weighted by atomic mass is 10.0. The van der Waals surface area contributed by atoms with E-state index in [2.05, 4.69) is 4.74 Å². The molecule has 0 aliphatic carbocycles. The van der Waals surface area contributed by atoms with Crippen LogP contribution >= 0.6 is 0 Å². The Bertz CT molecular complexity index is 840. The number of esters is 1. The standard InChI is InChI=1S/C18H19F4N3O5/c1-29-15(26)13-9-30-17(28)25(13)10-5-7-24(8-6-10)16(27)23-14-11(18(20,21)22)3-2-4-12(14)19/h2-4,10,13H,5-9H2,1H3,(H,23,27). The number of cyclic esters (lactones) is 1. The minimum Gasteiger partial charge on any atom is -0.467 e. The van der Waals surface area contributed by atoms with Crippen LogP contribution in [0.25, 0.3) is 0 Å². The first-order chi connectivity index (χ1) is 14.1. The first-order valence-electron chi connectivity index (χ1n) is 9.08. The molecule has 3 amide bonds. The van der Waals surface area contributed by atoms with Crippen LogP contribution in [-0.4, -0.2) is 66.8 Å². The predicted octanol–water partition coefficient (Wildman–Crippen LogP) is 2.83. The maximum Gasteiger partial charge on any atom is 0.418 e. The number of carbonyl (C=O) groups is 3. The number of rotatable bonds is 3. The van der Waals surface area contributed by atoms with Gasteiger partial charge in [0.25, 0.3) is 0 Å². The van der Waals surface area contributed by atoms with Gasteiger partial charge < -0.3 is 19.7 Å². The van der Waals surface area contributed by atoms with Crippen LogP contribution in [-0.2, 0) is 20.4 Å². The number of amides is 3. The van der Waals surface area contributed by atoms with Gasteiger partial charge in [-0.1, -0.05) is 6.07 Å². The fourth-order valence-corrected chi connectivity index (χ4v) is 3.57. The Kier molecular flexibility index (Phi) is 6.04. The normalized spacial score (nSPS) is 20.2. The van der Waals surface area contributed by atoms with E-state index in [9.17, 15) is 31.9 Å². The molecule has 0 aromatic heterocycles. The number of nitrogens with zero attached hydrogens (tertiary/aromatic N) is 2. The van der Waals surface area contributed by atoms with E-state index in [1.165, 1.54) is 16.9 Å². The highest BCUT2D eigenvalue weighted by Gasteiger charge is 2.44. The average molecular weight is 433 g/mol. The predicted molar refractivity (Wildman–Crippen MR) is 94.0 cm³/mol. The molecular weight excluding hydrogens is 414 g/mol. The quantitative estimate of drug-likeness (QED) is 0.585. The molecule has 0 saturated carbocycles. The van der Waals surface area contributed by atoms with Crippen molar-refractivity contribution in [1.29, 1.82) is 0 Å². The number of urea groups is 1. The number of hydrogen-bond donors (Lipinski definition) is 1. The summed E-state index contributed by atoms with van der Waals surface area (Å²) >= 11 is 0. The minimum atomic E-state index is -4.84. The van der Waals surface area contributed by atoms with Crippen LogP contribution < -0.4 is 5.32 Å². The largest absolute Gasteiger partial charge is 0.467 e. The lowest BCUT2D eigenvalue weighted by Gasteiger charge is -2.37. The van der Waals surface area contributed by atoms with E-state index < -0.39 is 53.4 Å². The van der Waals surface area contributed by atoms with Crippen molar-refractivity contribution in [1.82, 2.24) is 9.80 Å². The van der Waals surface area contributed by atoms with Crippen LogP contribution in [0.4, 0.5) is 32.8 Å². The van der Waals surface area contributed by atoms with Crippen molar-refractivity contribution in [2.75, 3.05) is 32.1 Å². The van der Waals surface area contributed by atoms with E-state index in [4.69, 9.17) is 4.74 Å². The smallest absolute Gasteiger partial charge is 0.418 e. The number of hydrogen-bond acceptors (Lipinski definition) is 5. The molecule has 2 fully saturated rings. The number of likely N-dealkylation sites (tertiary alicyclic amines) is 1. The third-order valence-electron chi connectivity index (χ3n) is 5.08. The molecule has 3 rings (SSSR count). The topological polar surface area (TPSA) is 88.2 Å². The van der Waals surface area contributed by atoms with Crippen LogP contribution in [0.1, 0.15) is 18.4 Å². The van der Waals surface area contributed by atoms with Crippen molar-refractivity contribution in [3.8, 4) is 0 Å². The van der Waals surface area contributed by atoms with Crippen molar-refractivity contribution in [3.05, 3.63) is 29.6 Å². The molecule has 1 atom stereocenters. The fourth-order valence-electron chi connectivity index (χ4n) is 3.57. The molecule has 2 saturated heterocycles. The summed E-state index contributed by atoms with van der Waals surface area (Å²) in [4.78, 5) is 38.7. The van der Waals surface area contributed by atoms with Crippen LogP contribution in [0.3, 0.4) is 0 Å². The Hall–Kier alpha value is -3.05. The number of carbonyl (C=O) groups excluding carboxylic acids is 3. The van der Waals surface area contributed by atoms with Gasteiger partial charge in [-0.3, -0.25) is 4.90 Å². The van der Waals surface area contributed by atoms with E-state index in [0.29, 0.717) is 6.07 Å². The van der Waals surface area contributed by atoms with Crippen LogP contribution in [0.15, 0.2) is 18.2 Å². The van der Waals surface area contributed by atoms with E-state index in [1.54, 1.807) is 0 Å². The summed E-state index contributed by atoms with van der Waals surface area (Å²) in [6.45, 7) is 0.0354. The summed E-state index contributed by atoms with van der Waals surface area (Å²) in [6.07, 6.45) is -4.98. The first-order valence-corrected chi connectivity index (χ1v) is 9.08. The van der Waals surface area contributed by atoms with E-state index in [-0.39, 0.29) is 32.5 Å². The molecule has 2 aliphatic rings. The molecule has 0 spiro atoms. The highest BCUT2D eigenvalue weighted by molar-refractivity contribution is 5.90. The second-order valence-electron chi connectivity index (χ2n) is 6.83. The summed E-state index contributed by atoms with van der Waals surface area (Å²) in [6, 6.07) is 0.219. The van der Waals surface area contributed by atoms with Crippen molar-refractivity contribution in [2.45, 2.75) is 31.1 Å². The van der Waals surface area contributed by atoms with Gasteiger partial charge in [0.15, 0.2) is 6.04 Å². The molecule has 2 heterocycles. The molecule has 1 aromatic carbocycles. The Morgan fingerprint density at radius 1 is 1.23 bits per heavy atom. The van der Waals surface area contributed by atoms with E-state index >= 15 is 0 Å².